The Morgan fingerprint density at radius 3 is 2.62 bits per heavy atom. The summed E-state index contributed by atoms with van der Waals surface area (Å²) in [6, 6.07) is 0. The van der Waals surface area contributed by atoms with Crippen molar-refractivity contribution in [2.45, 2.75) is 38.6 Å². The average Bonchev–Trinajstić information content (AvgIpc) is 2.27. The van der Waals surface area contributed by atoms with Crippen LogP contribution < -0.4 is 5.73 Å². The molecule has 2 unspecified atom stereocenters. The molecular formula is C11H20N2O3. The van der Waals surface area contributed by atoms with Gasteiger partial charge in [0.15, 0.2) is 0 Å². The number of carbonyl (C=O) groups excluding carboxylic acids is 1. The molecule has 1 heterocycles. The van der Waals surface area contributed by atoms with Gasteiger partial charge in [0.05, 0.1) is 0 Å². The Morgan fingerprint density at radius 1 is 1.50 bits per heavy atom. The lowest BCUT2D eigenvalue weighted by atomic mass is 9.87. The van der Waals surface area contributed by atoms with Crippen LogP contribution in [0.3, 0.4) is 0 Å². The summed E-state index contributed by atoms with van der Waals surface area (Å²) < 4.78 is 0. The Balaban J connectivity index is 2.90. The predicted octanol–water partition coefficient (Wildman–Crippen LogP) is 0.437. The standard InChI is InChI=1S/C11H20N2O3/c1-8(7-12)9(14)13-6-4-3-5-11(13,2)10(15)16/h8H,3-7,12H2,1-2H3,(H,15,16). The van der Waals surface area contributed by atoms with Gasteiger partial charge in [0.25, 0.3) is 0 Å². The average molecular weight is 228 g/mol. The lowest BCUT2D eigenvalue weighted by Crippen LogP contribution is -2.59. The number of hydrogen-bond donors (Lipinski definition) is 2. The van der Waals surface area contributed by atoms with E-state index in [1.54, 1.807) is 13.8 Å². The first-order valence-electron chi connectivity index (χ1n) is 5.68. The second-order valence-electron chi connectivity index (χ2n) is 4.66. The fourth-order valence-electron chi connectivity index (χ4n) is 2.06. The van der Waals surface area contributed by atoms with E-state index >= 15 is 0 Å². The van der Waals surface area contributed by atoms with E-state index in [1.165, 1.54) is 4.90 Å². The molecule has 5 heteroatoms. The molecule has 16 heavy (non-hydrogen) atoms. The molecule has 3 N–H and O–H groups in total. The largest absolute Gasteiger partial charge is 0.480 e. The second kappa shape index (κ2) is 4.82. The first-order chi connectivity index (χ1) is 7.43. The minimum Gasteiger partial charge on any atom is -0.480 e. The van der Waals surface area contributed by atoms with Crippen LogP contribution in [0.4, 0.5) is 0 Å². The maximum absolute atomic E-state index is 12.0. The van der Waals surface area contributed by atoms with Gasteiger partial charge in [0, 0.05) is 19.0 Å². The molecule has 1 aliphatic heterocycles. The predicted molar refractivity (Wildman–Crippen MR) is 59.8 cm³/mol. The molecule has 1 amide bonds. The molecule has 0 radical (unpaired) electrons. The first kappa shape index (κ1) is 13.0. The zero-order chi connectivity index (χ0) is 12.3. The van der Waals surface area contributed by atoms with Crippen LogP contribution in [0.25, 0.3) is 0 Å². The third-order valence-electron chi connectivity index (χ3n) is 3.39. The van der Waals surface area contributed by atoms with Crippen molar-refractivity contribution >= 4 is 11.9 Å². The lowest BCUT2D eigenvalue weighted by molar-refractivity contribution is -0.162. The van der Waals surface area contributed by atoms with Gasteiger partial charge in [-0.1, -0.05) is 6.92 Å². The zero-order valence-corrected chi connectivity index (χ0v) is 9.90. The number of nitrogens with zero attached hydrogens (tertiary/aromatic N) is 1. The van der Waals surface area contributed by atoms with Crippen molar-refractivity contribution in [3.8, 4) is 0 Å². The van der Waals surface area contributed by atoms with Gasteiger partial charge in [-0.25, -0.2) is 4.79 Å². The SMILES string of the molecule is CC(CN)C(=O)N1CCCCC1(C)C(=O)O. The first-order valence-corrected chi connectivity index (χ1v) is 5.68. The molecule has 0 spiro atoms. The van der Waals surface area contributed by atoms with Crippen LogP contribution in [0.2, 0.25) is 0 Å². The lowest BCUT2D eigenvalue weighted by Gasteiger charge is -2.42. The minimum atomic E-state index is -1.06. The Bertz CT molecular complexity index is 293. The highest BCUT2D eigenvalue weighted by molar-refractivity contribution is 5.88. The van der Waals surface area contributed by atoms with E-state index in [1.807, 2.05) is 0 Å². The van der Waals surface area contributed by atoms with Gasteiger partial charge < -0.3 is 15.7 Å². The van der Waals surface area contributed by atoms with Crippen LogP contribution >= 0.6 is 0 Å². The number of carboxylic acids is 1. The van der Waals surface area contributed by atoms with Gasteiger partial charge in [-0.3, -0.25) is 4.79 Å². The van der Waals surface area contributed by atoms with E-state index < -0.39 is 11.5 Å². The van der Waals surface area contributed by atoms with Gasteiger partial charge >= 0.3 is 5.97 Å². The maximum Gasteiger partial charge on any atom is 0.329 e. The fourth-order valence-corrected chi connectivity index (χ4v) is 2.06. The summed E-state index contributed by atoms with van der Waals surface area (Å²) in [5, 5.41) is 9.25. The van der Waals surface area contributed by atoms with Crippen molar-refractivity contribution in [1.82, 2.24) is 4.90 Å². The summed E-state index contributed by atoms with van der Waals surface area (Å²) in [6.07, 6.45) is 2.24. The van der Waals surface area contributed by atoms with Crippen LogP contribution in [0.1, 0.15) is 33.1 Å². The third-order valence-corrected chi connectivity index (χ3v) is 3.39. The van der Waals surface area contributed by atoms with E-state index in [-0.39, 0.29) is 18.4 Å². The quantitative estimate of drug-likeness (QED) is 0.734. The number of carbonyl (C=O) groups is 2. The molecule has 0 aromatic heterocycles. The normalized spacial score (nSPS) is 27.6. The maximum atomic E-state index is 12.0. The molecule has 2 atom stereocenters. The van der Waals surface area contributed by atoms with E-state index in [0.29, 0.717) is 13.0 Å². The molecule has 0 aromatic rings. The summed E-state index contributed by atoms with van der Waals surface area (Å²) in [4.78, 5) is 24.8. The highest BCUT2D eigenvalue weighted by Crippen LogP contribution is 2.29. The molecule has 5 nitrogen and oxygen atoms in total. The molecule has 1 saturated heterocycles. The fraction of sp³-hybridized carbons (Fsp3) is 0.818. The highest BCUT2D eigenvalue weighted by atomic mass is 16.4. The second-order valence-corrected chi connectivity index (χ2v) is 4.66. The molecule has 0 aliphatic carbocycles. The summed E-state index contributed by atoms with van der Waals surface area (Å²) in [5.41, 5.74) is 4.39. The number of likely N-dealkylation sites (tertiary alicyclic amines) is 1. The topological polar surface area (TPSA) is 83.6 Å². The van der Waals surface area contributed by atoms with Gasteiger partial charge in [0.1, 0.15) is 5.54 Å². The van der Waals surface area contributed by atoms with Crippen molar-refractivity contribution in [2.24, 2.45) is 11.7 Å². The van der Waals surface area contributed by atoms with E-state index in [4.69, 9.17) is 5.73 Å². The van der Waals surface area contributed by atoms with Gasteiger partial charge in [0.2, 0.25) is 5.91 Å². The Hall–Kier alpha value is -1.10. The van der Waals surface area contributed by atoms with Crippen LogP contribution in [-0.4, -0.2) is 40.5 Å². The monoisotopic (exact) mass is 228 g/mol. The molecule has 0 bridgehead atoms. The Kier molecular flexibility index (Phi) is 3.91. The van der Waals surface area contributed by atoms with Gasteiger partial charge in [-0.15, -0.1) is 0 Å². The smallest absolute Gasteiger partial charge is 0.329 e. The number of hydrogen-bond acceptors (Lipinski definition) is 3. The molecule has 92 valence electrons. The number of amides is 1. The minimum absolute atomic E-state index is 0.146. The third kappa shape index (κ3) is 2.19. The van der Waals surface area contributed by atoms with Crippen molar-refractivity contribution < 1.29 is 14.7 Å². The summed E-state index contributed by atoms with van der Waals surface area (Å²) in [5.74, 6) is -1.38. The van der Waals surface area contributed by atoms with E-state index in [9.17, 15) is 14.7 Å². The van der Waals surface area contributed by atoms with Gasteiger partial charge in [-0.05, 0) is 26.2 Å². The summed E-state index contributed by atoms with van der Waals surface area (Å²) >= 11 is 0. The summed E-state index contributed by atoms with van der Waals surface area (Å²) in [7, 11) is 0. The number of rotatable bonds is 3. The highest BCUT2D eigenvalue weighted by Gasteiger charge is 2.44. The number of carboxylic acid groups (broad SMARTS) is 1. The number of piperidine rings is 1. The van der Waals surface area contributed by atoms with Crippen molar-refractivity contribution in [2.75, 3.05) is 13.1 Å². The Morgan fingerprint density at radius 2 is 2.12 bits per heavy atom. The van der Waals surface area contributed by atoms with Crippen LogP contribution in [-0.2, 0) is 9.59 Å². The molecule has 1 rings (SSSR count). The van der Waals surface area contributed by atoms with E-state index in [0.717, 1.165) is 12.8 Å². The molecule has 0 saturated carbocycles. The summed E-state index contributed by atoms with van der Waals surface area (Å²) in [6.45, 7) is 4.13. The van der Waals surface area contributed by atoms with Crippen molar-refractivity contribution in [3.63, 3.8) is 0 Å². The van der Waals surface area contributed by atoms with Gasteiger partial charge in [-0.2, -0.15) is 0 Å². The number of aliphatic carboxylic acids is 1. The van der Waals surface area contributed by atoms with E-state index in [2.05, 4.69) is 0 Å². The van der Waals surface area contributed by atoms with Crippen LogP contribution in [0.15, 0.2) is 0 Å². The molecule has 0 aromatic carbocycles. The number of nitrogens with two attached hydrogens (primary N) is 1. The zero-order valence-electron chi connectivity index (χ0n) is 9.90. The Labute approximate surface area is 95.6 Å². The molecular weight excluding hydrogens is 208 g/mol. The van der Waals surface area contributed by atoms with Crippen molar-refractivity contribution in [1.29, 1.82) is 0 Å². The molecule has 1 aliphatic rings. The molecule has 1 fully saturated rings. The van der Waals surface area contributed by atoms with Crippen LogP contribution in [0, 0.1) is 5.92 Å². The van der Waals surface area contributed by atoms with Crippen molar-refractivity contribution in [3.05, 3.63) is 0 Å². The van der Waals surface area contributed by atoms with Crippen LogP contribution in [0.5, 0.6) is 0 Å².